The molecule has 8 heteroatoms. The zero-order valence-corrected chi connectivity index (χ0v) is 14.0. The summed E-state index contributed by atoms with van der Waals surface area (Å²) in [5, 5.41) is 16.6. The highest BCUT2D eigenvalue weighted by Gasteiger charge is 2.19. The van der Waals surface area contributed by atoms with Crippen molar-refractivity contribution in [2.75, 3.05) is 11.1 Å². The second-order valence-corrected chi connectivity index (χ2v) is 7.46. The van der Waals surface area contributed by atoms with E-state index in [-0.39, 0.29) is 22.1 Å². The Balaban J connectivity index is 2.25. The number of sulfone groups is 1. The lowest BCUT2D eigenvalue weighted by Crippen LogP contribution is -2.24. The number of phenolic OH excluding ortho intramolecular Hbond substituents is 1. The molecule has 0 spiro atoms. The van der Waals surface area contributed by atoms with Gasteiger partial charge in [-0.2, -0.15) is 5.10 Å². The minimum Gasteiger partial charge on any atom is -0.506 e. The lowest BCUT2D eigenvalue weighted by atomic mass is 10.2. The number of carbonyl (C=O) groups is 1. The van der Waals surface area contributed by atoms with Crippen LogP contribution in [0.15, 0.2) is 35.4 Å². The summed E-state index contributed by atoms with van der Waals surface area (Å²) < 4.78 is 25.3. The third-order valence-corrected chi connectivity index (χ3v) is 5.22. The Morgan fingerprint density at radius 1 is 1.39 bits per heavy atom. The van der Waals surface area contributed by atoms with Crippen LogP contribution in [-0.2, 0) is 14.6 Å². The summed E-state index contributed by atoms with van der Waals surface area (Å²) in [4.78, 5) is 12.3. The molecular weight excluding hydrogens is 318 g/mol. The van der Waals surface area contributed by atoms with Gasteiger partial charge in [0.25, 0.3) is 0 Å². The summed E-state index contributed by atoms with van der Waals surface area (Å²) in [6, 6.07) is 4.99. The number of nitrogens with zero attached hydrogens (tertiary/aromatic N) is 2. The maximum Gasteiger partial charge on any atom is 0.249 e. The van der Waals surface area contributed by atoms with E-state index in [4.69, 9.17) is 0 Å². The molecule has 0 bridgehead atoms. The minimum atomic E-state index is -3.42. The Morgan fingerprint density at radius 3 is 2.65 bits per heavy atom. The third-order valence-electron chi connectivity index (χ3n) is 3.48. The Bertz CT molecular complexity index is 827. The van der Waals surface area contributed by atoms with Gasteiger partial charge >= 0.3 is 0 Å². The molecule has 0 aliphatic heterocycles. The monoisotopic (exact) mass is 337 g/mol. The first-order valence-corrected chi connectivity index (χ1v) is 8.78. The van der Waals surface area contributed by atoms with Crippen molar-refractivity contribution in [2.24, 2.45) is 0 Å². The van der Waals surface area contributed by atoms with E-state index in [1.807, 2.05) is 6.92 Å². The number of rotatable bonds is 5. The first-order valence-electron chi connectivity index (χ1n) is 7.13. The van der Waals surface area contributed by atoms with Crippen LogP contribution in [-0.4, -0.2) is 35.0 Å². The number of anilines is 1. The maximum absolute atomic E-state index is 12.3. The fraction of sp³-hybridized carbons (Fsp3) is 0.333. The number of nitrogens with one attached hydrogen (secondary N) is 1. The number of aromatic nitrogens is 2. The van der Waals surface area contributed by atoms with Crippen molar-refractivity contribution in [1.29, 1.82) is 0 Å². The highest BCUT2D eigenvalue weighted by atomic mass is 32.2. The van der Waals surface area contributed by atoms with Crippen molar-refractivity contribution in [3.63, 3.8) is 0 Å². The molecule has 1 aromatic heterocycles. The standard InChI is InChI=1S/C15H19N3O4S/c1-4-23(21,22)12-5-6-14(19)13(9-12)16-15(20)11(3)18-8-7-10(2)17-18/h5-9,11,19H,4H2,1-3H3,(H,16,20). The van der Waals surface area contributed by atoms with E-state index in [1.54, 1.807) is 19.2 Å². The molecule has 0 radical (unpaired) electrons. The van der Waals surface area contributed by atoms with Crippen LogP contribution in [0, 0.1) is 6.92 Å². The predicted octanol–water partition coefficient (Wildman–Crippen LogP) is 1.89. The molecule has 0 saturated carbocycles. The largest absolute Gasteiger partial charge is 0.506 e. The first-order chi connectivity index (χ1) is 10.7. The average molecular weight is 337 g/mol. The van der Waals surface area contributed by atoms with Crippen LogP contribution in [0.2, 0.25) is 0 Å². The summed E-state index contributed by atoms with van der Waals surface area (Å²) in [6.07, 6.45) is 1.68. The summed E-state index contributed by atoms with van der Waals surface area (Å²) in [6.45, 7) is 5.00. The normalized spacial score (nSPS) is 12.8. The predicted molar refractivity (Wildman–Crippen MR) is 86.1 cm³/mol. The van der Waals surface area contributed by atoms with Gasteiger partial charge in [0.15, 0.2) is 9.84 Å². The second-order valence-electron chi connectivity index (χ2n) is 5.18. The molecule has 1 aromatic carbocycles. The van der Waals surface area contributed by atoms with Gasteiger partial charge in [-0.1, -0.05) is 6.92 Å². The van der Waals surface area contributed by atoms with Crippen LogP contribution in [0.3, 0.4) is 0 Å². The van der Waals surface area contributed by atoms with Crippen molar-refractivity contribution >= 4 is 21.4 Å². The molecule has 124 valence electrons. The van der Waals surface area contributed by atoms with Crippen molar-refractivity contribution in [3.8, 4) is 5.75 Å². The van der Waals surface area contributed by atoms with Gasteiger partial charge in [0.05, 0.1) is 22.0 Å². The highest BCUT2D eigenvalue weighted by molar-refractivity contribution is 7.91. The number of hydrogen-bond donors (Lipinski definition) is 2. The van der Waals surface area contributed by atoms with Gasteiger partial charge in [0, 0.05) is 6.20 Å². The number of aryl methyl sites for hydroxylation is 1. The summed E-state index contributed by atoms with van der Waals surface area (Å²) in [7, 11) is -3.42. The molecule has 2 aromatic rings. The van der Waals surface area contributed by atoms with Crippen molar-refractivity contribution in [3.05, 3.63) is 36.2 Å². The van der Waals surface area contributed by atoms with E-state index in [0.717, 1.165) is 5.69 Å². The molecule has 0 saturated heterocycles. The van der Waals surface area contributed by atoms with E-state index in [0.29, 0.717) is 0 Å². The molecule has 0 fully saturated rings. The lowest BCUT2D eigenvalue weighted by Gasteiger charge is -2.14. The van der Waals surface area contributed by atoms with Crippen LogP contribution < -0.4 is 5.32 Å². The number of amides is 1. The number of carbonyl (C=O) groups excluding carboxylic acids is 1. The van der Waals surface area contributed by atoms with Crippen LogP contribution in [0.4, 0.5) is 5.69 Å². The van der Waals surface area contributed by atoms with Crippen LogP contribution in [0.5, 0.6) is 5.75 Å². The van der Waals surface area contributed by atoms with Crippen LogP contribution >= 0.6 is 0 Å². The number of benzene rings is 1. The average Bonchev–Trinajstić information content (AvgIpc) is 2.94. The number of aromatic hydroxyl groups is 1. The minimum absolute atomic E-state index is 0.0516. The molecule has 0 aliphatic rings. The summed E-state index contributed by atoms with van der Waals surface area (Å²) in [5.41, 5.74) is 0.837. The molecule has 1 amide bonds. The summed E-state index contributed by atoms with van der Waals surface area (Å²) in [5.74, 6) is -0.666. The fourth-order valence-electron chi connectivity index (χ4n) is 1.98. The van der Waals surface area contributed by atoms with Gasteiger partial charge < -0.3 is 10.4 Å². The summed E-state index contributed by atoms with van der Waals surface area (Å²) >= 11 is 0. The van der Waals surface area contributed by atoms with Gasteiger partial charge in [0.2, 0.25) is 5.91 Å². The van der Waals surface area contributed by atoms with E-state index in [1.165, 1.54) is 29.8 Å². The third kappa shape index (κ3) is 3.70. The molecule has 2 N–H and O–H groups in total. The first kappa shape index (κ1) is 17.0. The quantitative estimate of drug-likeness (QED) is 0.811. The van der Waals surface area contributed by atoms with E-state index >= 15 is 0 Å². The van der Waals surface area contributed by atoms with Crippen LogP contribution in [0.25, 0.3) is 0 Å². The molecule has 1 atom stereocenters. The van der Waals surface area contributed by atoms with Gasteiger partial charge in [-0.3, -0.25) is 9.48 Å². The van der Waals surface area contributed by atoms with Gasteiger partial charge in [0.1, 0.15) is 11.8 Å². The fourth-order valence-corrected chi connectivity index (χ4v) is 2.89. The van der Waals surface area contributed by atoms with E-state index in [2.05, 4.69) is 10.4 Å². The van der Waals surface area contributed by atoms with Gasteiger partial charge in [-0.25, -0.2) is 8.42 Å². The molecule has 23 heavy (non-hydrogen) atoms. The van der Waals surface area contributed by atoms with Gasteiger partial charge in [-0.15, -0.1) is 0 Å². The smallest absolute Gasteiger partial charge is 0.249 e. The lowest BCUT2D eigenvalue weighted by molar-refractivity contribution is -0.119. The maximum atomic E-state index is 12.3. The van der Waals surface area contributed by atoms with Gasteiger partial charge in [-0.05, 0) is 38.1 Å². The zero-order chi connectivity index (χ0) is 17.2. The van der Waals surface area contributed by atoms with Crippen molar-refractivity contribution in [1.82, 2.24) is 9.78 Å². The molecule has 0 aliphatic carbocycles. The van der Waals surface area contributed by atoms with Crippen molar-refractivity contribution < 1.29 is 18.3 Å². The molecular formula is C15H19N3O4S. The van der Waals surface area contributed by atoms with Crippen molar-refractivity contribution in [2.45, 2.75) is 31.7 Å². The molecule has 1 unspecified atom stereocenters. The number of hydrogen-bond acceptors (Lipinski definition) is 5. The Kier molecular flexibility index (Phi) is 4.74. The molecule has 7 nitrogen and oxygen atoms in total. The SMILES string of the molecule is CCS(=O)(=O)c1ccc(O)c(NC(=O)C(C)n2ccc(C)n2)c1. The second kappa shape index (κ2) is 6.41. The van der Waals surface area contributed by atoms with E-state index in [9.17, 15) is 18.3 Å². The van der Waals surface area contributed by atoms with Crippen LogP contribution in [0.1, 0.15) is 25.6 Å². The molecule has 2 rings (SSSR count). The highest BCUT2D eigenvalue weighted by Crippen LogP contribution is 2.27. The molecule has 1 heterocycles. The topological polar surface area (TPSA) is 101 Å². The number of phenols is 1. The van der Waals surface area contributed by atoms with E-state index < -0.39 is 21.8 Å². The Morgan fingerprint density at radius 2 is 2.09 bits per heavy atom. The zero-order valence-electron chi connectivity index (χ0n) is 13.1. The Labute approximate surface area is 134 Å². The Hall–Kier alpha value is -2.35.